The van der Waals surface area contributed by atoms with Crippen molar-refractivity contribution >= 4 is 5.97 Å². The number of halogens is 4. The van der Waals surface area contributed by atoms with Gasteiger partial charge in [0.05, 0.1) is 0 Å². The van der Waals surface area contributed by atoms with Crippen LogP contribution in [0.5, 0.6) is 0 Å². The van der Waals surface area contributed by atoms with Crippen molar-refractivity contribution < 1.29 is 32.6 Å². The van der Waals surface area contributed by atoms with E-state index in [1.165, 1.54) is 0 Å². The predicted molar refractivity (Wildman–Crippen MR) is 43.9 cm³/mol. The first-order chi connectivity index (χ1) is 7.26. The number of aliphatic hydroxyl groups is 1. The van der Waals surface area contributed by atoms with Crippen molar-refractivity contribution in [3.8, 4) is 0 Å². The number of aliphatic hydroxyl groups excluding tert-OH is 1. The number of carboxylic acids is 1. The van der Waals surface area contributed by atoms with E-state index in [9.17, 15) is 22.4 Å². The molecule has 1 aromatic carbocycles. The molecule has 0 aliphatic rings. The molecule has 0 heterocycles. The first-order valence-electron chi connectivity index (χ1n) is 4.01. The summed E-state index contributed by atoms with van der Waals surface area (Å²) in [4.78, 5) is 10.1. The van der Waals surface area contributed by atoms with Crippen molar-refractivity contribution in [3.63, 3.8) is 0 Å². The second-order valence-corrected chi connectivity index (χ2v) is 3.00. The normalized spacial score (nSPS) is 13.6. The number of carboxylic acid groups (broad SMARTS) is 1. The van der Waals surface area contributed by atoms with Crippen LogP contribution < -0.4 is 0 Å². The Morgan fingerprint density at radius 1 is 1.25 bits per heavy atom. The van der Waals surface area contributed by atoms with Crippen molar-refractivity contribution in [2.24, 2.45) is 0 Å². The smallest absolute Gasteiger partial charge is 0.377 e. The Bertz CT molecular complexity index is 419. The fourth-order valence-electron chi connectivity index (χ4n) is 1.01. The molecule has 0 spiro atoms. The lowest BCUT2D eigenvalue weighted by Crippen LogP contribution is -2.35. The zero-order valence-corrected chi connectivity index (χ0v) is 7.62. The average Bonchev–Trinajstić information content (AvgIpc) is 2.20. The fourth-order valence-corrected chi connectivity index (χ4v) is 1.01. The minimum Gasteiger partial charge on any atom is -0.477 e. The van der Waals surface area contributed by atoms with E-state index in [0.717, 1.165) is 0 Å². The summed E-state index contributed by atoms with van der Waals surface area (Å²) in [6.07, 6.45) is -2.74. The molecule has 0 saturated carbocycles. The van der Waals surface area contributed by atoms with Crippen LogP contribution in [0, 0.1) is 11.6 Å². The maximum atomic E-state index is 12.8. The zero-order chi connectivity index (χ0) is 12.5. The molecule has 0 amide bonds. The number of hydrogen-bond acceptors (Lipinski definition) is 2. The minimum atomic E-state index is -4.47. The van der Waals surface area contributed by atoms with E-state index in [2.05, 4.69) is 0 Å². The van der Waals surface area contributed by atoms with Gasteiger partial charge in [-0.2, -0.15) is 8.78 Å². The molecule has 1 atom stereocenters. The van der Waals surface area contributed by atoms with E-state index in [1.54, 1.807) is 0 Å². The molecule has 0 bridgehead atoms. The molecule has 0 fully saturated rings. The Morgan fingerprint density at radius 2 is 1.81 bits per heavy atom. The molecule has 0 aliphatic carbocycles. The van der Waals surface area contributed by atoms with E-state index < -0.39 is 35.2 Å². The summed E-state index contributed by atoms with van der Waals surface area (Å²) in [5.41, 5.74) is -0.716. The number of hydrogen-bond donors (Lipinski definition) is 2. The molecule has 1 rings (SSSR count). The van der Waals surface area contributed by atoms with Gasteiger partial charge in [-0.05, 0) is 17.7 Å². The fraction of sp³-hybridized carbons (Fsp3) is 0.222. The number of aliphatic carboxylic acids is 1. The quantitative estimate of drug-likeness (QED) is 0.788. The Balaban J connectivity index is 3.10. The summed E-state index contributed by atoms with van der Waals surface area (Å²) in [7, 11) is 0. The summed E-state index contributed by atoms with van der Waals surface area (Å²) in [6, 6.07) is 1.52. The van der Waals surface area contributed by atoms with Gasteiger partial charge >= 0.3 is 11.9 Å². The van der Waals surface area contributed by atoms with Gasteiger partial charge in [0, 0.05) is 0 Å². The largest absolute Gasteiger partial charge is 0.477 e. The Labute approximate surface area is 86.9 Å². The number of rotatable bonds is 3. The number of alkyl halides is 2. The monoisotopic (exact) mass is 238 g/mol. The first kappa shape index (κ1) is 12.4. The molecule has 0 saturated heterocycles. The van der Waals surface area contributed by atoms with Crippen molar-refractivity contribution in [2.75, 3.05) is 0 Å². The van der Waals surface area contributed by atoms with Crippen molar-refractivity contribution in [3.05, 3.63) is 35.4 Å². The minimum absolute atomic E-state index is 0.316. The topological polar surface area (TPSA) is 57.5 Å². The molecule has 16 heavy (non-hydrogen) atoms. The SMILES string of the molecule is O=C(O)C(F)(F)C(O)c1ccc(F)c(F)c1. The van der Waals surface area contributed by atoms with Crippen molar-refractivity contribution in [1.82, 2.24) is 0 Å². The molecule has 88 valence electrons. The van der Waals surface area contributed by atoms with E-state index >= 15 is 0 Å². The summed E-state index contributed by atoms with van der Waals surface area (Å²) >= 11 is 0. The van der Waals surface area contributed by atoms with Crippen LogP contribution in [0.4, 0.5) is 17.6 Å². The third-order valence-corrected chi connectivity index (χ3v) is 1.89. The first-order valence-corrected chi connectivity index (χ1v) is 4.01. The lowest BCUT2D eigenvalue weighted by atomic mass is 10.0. The highest BCUT2D eigenvalue weighted by Gasteiger charge is 2.47. The maximum absolute atomic E-state index is 12.8. The molecular formula is C9H6F4O3. The van der Waals surface area contributed by atoms with Gasteiger partial charge in [0.15, 0.2) is 17.7 Å². The molecule has 0 aliphatic heterocycles. The molecule has 7 heteroatoms. The van der Waals surface area contributed by atoms with Crippen LogP contribution in [0.25, 0.3) is 0 Å². The lowest BCUT2D eigenvalue weighted by molar-refractivity contribution is -0.182. The number of carbonyl (C=O) groups is 1. The van der Waals surface area contributed by atoms with E-state index in [1.807, 2.05) is 0 Å². The van der Waals surface area contributed by atoms with Gasteiger partial charge in [-0.15, -0.1) is 0 Å². The second kappa shape index (κ2) is 4.09. The zero-order valence-electron chi connectivity index (χ0n) is 7.62. The highest BCUT2D eigenvalue weighted by Crippen LogP contribution is 2.31. The van der Waals surface area contributed by atoms with Crippen LogP contribution in [-0.4, -0.2) is 22.1 Å². The van der Waals surface area contributed by atoms with Crippen LogP contribution in [-0.2, 0) is 4.79 Å². The Hall–Kier alpha value is -1.63. The summed E-state index contributed by atoms with van der Waals surface area (Å²) in [5.74, 6) is -9.75. The third-order valence-electron chi connectivity index (χ3n) is 1.89. The Morgan fingerprint density at radius 3 is 2.25 bits per heavy atom. The van der Waals surface area contributed by atoms with E-state index in [-0.39, 0.29) is 0 Å². The predicted octanol–water partition coefficient (Wildman–Crippen LogP) is 1.72. The van der Waals surface area contributed by atoms with Gasteiger partial charge < -0.3 is 10.2 Å². The highest BCUT2D eigenvalue weighted by molar-refractivity contribution is 5.76. The van der Waals surface area contributed by atoms with Gasteiger partial charge in [-0.25, -0.2) is 13.6 Å². The average molecular weight is 238 g/mol. The summed E-state index contributed by atoms with van der Waals surface area (Å²) in [5, 5.41) is 17.1. The van der Waals surface area contributed by atoms with Crippen LogP contribution in [0.1, 0.15) is 11.7 Å². The molecule has 2 N–H and O–H groups in total. The number of benzene rings is 1. The van der Waals surface area contributed by atoms with Crippen LogP contribution in [0.2, 0.25) is 0 Å². The molecule has 0 radical (unpaired) electrons. The van der Waals surface area contributed by atoms with Crippen molar-refractivity contribution in [1.29, 1.82) is 0 Å². The van der Waals surface area contributed by atoms with Crippen LogP contribution in [0.15, 0.2) is 18.2 Å². The van der Waals surface area contributed by atoms with Crippen LogP contribution >= 0.6 is 0 Å². The third kappa shape index (κ3) is 2.13. The lowest BCUT2D eigenvalue weighted by Gasteiger charge is -2.18. The van der Waals surface area contributed by atoms with E-state index in [4.69, 9.17) is 10.2 Å². The molecular weight excluding hydrogens is 232 g/mol. The van der Waals surface area contributed by atoms with Crippen LogP contribution in [0.3, 0.4) is 0 Å². The van der Waals surface area contributed by atoms with Gasteiger partial charge in [0.2, 0.25) is 0 Å². The second-order valence-electron chi connectivity index (χ2n) is 3.00. The molecule has 3 nitrogen and oxygen atoms in total. The van der Waals surface area contributed by atoms with Gasteiger partial charge in [-0.1, -0.05) is 6.07 Å². The summed E-state index contributed by atoms with van der Waals surface area (Å²) in [6.45, 7) is 0. The van der Waals surface area contributed by atoms with Gasteiger partial charge in [-0.3, -0.25) is 0 Å². The van der Waals surface area contributed by atoms with E-state index in [0.29, 0.717) is 18.2 Å². The Kier molecular flexibility index (Phi) is 3.18. The highest BCUT2D eigenvalue weighted by atomic mass is 19.3. The van der Waals surface area contributed by atoms with Crippen molar-refractivity contribution in [2.45, 2.75) is 12.0 Å². The summed E-state index contributed by atoms with van der Waals surface area (Å²) < 4.78 is 50.7. The molecule has 1 aromatic rings. The molecule has 1 unspecified atom stereocenters. The van der Waals surface area contributed by atoms with Gasteiger partial charge in [0.1, 0.15) is 0 Å². The molecule has 0 aromatic heterocycles. The maximum Gasteiger partial charge on any atom is 0.377 e. The van der Waals surface area contributed by atoms with Gasteiger partial charge in [0.25, 0.3) is 0 Å². The standard InChI is InChI=1S/C9H6F4O3/c10-5-2-1-4(3-6(5)11)7(14)9(12,13)8(15)16/h1-3,7,14H,(H,15,16).